The Labute approximate surface area is 152 Å². The molecule has 0 saturated heterocycles. The zero-order valence-corrected chi connectivity index (χ0v) is 14.5. The van der Waals surface area contributed by atoms with Crippen molar-refractivity contribution in [3.05, 3.63) is 65.5 Å². The van der Waals surface area contributed by atoms with E-state index in [0.717, 1.165) is 16.8 Å². The van der Waals surface area contributed by atoms with Gasteiger partial charge in [-0.25, -0.2) is 0 Å². The van der Waals surface area contributed by atoms with E-state index in [1.165, 1.54) is 11.5 Å². The molecule has 1 N–H and O–H groups in total. The van der Waals surface area contributed by atoms with Gasteiger partial charge in [-0.15, -0.1) is 5.10 Å². The van der Waals surface area contributed by atoms with E-state index in [4.69, 9.17) is 4.52 Å². The van der Waals surface area contributed by atoms with E-state index < -0.39 is 0 Å². The van der Waals surface area contributed by atoms with Crippen molar-refractivity contribution >= 4 is 23.1 Å². The van der Waals surface area contributed by atoms with Gasteiger partial charge in [-0.1, -0.05) is 21.8 Å². The van der Waals surface area contributed by atoms with Crippen molar-refractivity contribution in [2.75, 3.05) is 5.32 Å². The molecule has 0 atom stereocenters. The van der Waals surface area contributed by atoms with Crippen LogP contribution in [0.3, 0.4) is 0 Å². The average molecular weight is 363 g/mol. The molecule has 3 aromatic heterocycles. The van der Waals surface area contributed by atoms with Crippen molar-refractivity contribution in [2.24, 2.45) is 0 Å². The Balaban J connectivity index is 1.64. The van der Waals surface area contributed by atoms with Crippen LogP contribution in [-0.2, 0) is 0 Å². The van der Waals surface area contributed by atoms with Crippen LogP contribution < -0.4 is 5.32 Å². The van der Waals surface area contributed by atoms with Gasteiger partial charge >= 0.3 is 0 Å². The topological polar surface area (TPSA) is 93.8 Å². The van der Waals surface area contributed by atoms with Crippen LogP contribution in [0.25, 0.3) is 22.5 Å². The molecule has 0 aliphatic rings. The van der Waals surface area contributed by atoms with Crippen molar-refractivity contribution in [1.29, 1.82) is 0 Å². The monoisotopic (exact) mass is 363 g/mol. The van der Waals surface area contributed by atoms with Gasteiger partial charge in [-0.05, 0) is 42.7 Å². The first-order valence-electron chi connectivity index (χ1n) is 7.78. The lowest BCUT2D eigenvalue weighted by Gasteiger charge is -2.07. The van der Waals surface area contributed by atoms with Crippen LogP contribution in [0.5, 0.6) is 0 Å². The number of nitrogens with one attached hydrogen (secondary N) is 1. The number of nitrogens with zero attached hydrogens (tertiary/aromatic N) is 4. The van der Waals surface area contributed by atoms with Crippen molar-refractivity contribution < 1.29 is 9.32 Å². The summed E-state index contributed by atoms with van der Waals surface area (Å²) in [5.41, 5.74) is 3.96. The Bertz CT molecular complexity index is 1040. The van der Waals surface area contributed by atoms with Crippen LogP contribution >= 0.6 is 11.5 Å². The predicted molar refractivity (Wildman–Crippen MR) is 97.8 cm³/mol. The summed E-state index contributed by atoms with van der Waals surface area (Å²) in [6, 6.07) is 11.0. The fourth-order valence-electron chi connectivity index (χ4n) is 2.59. The fraction of sp³-hybridized carbons (Fsp3) is 0.0556. The first-order valence-corrected chi connectivity index (χ1v) is 8.61. The molecule has 1 aromatic carbocycles. The average Bonchev–Trinajstić information content (AvgIpc) is 3.32. The maximum Gasteiger partial charge on any atom is 0.261 e. The maximum absolute atomic E-state index is 12.8. The molecular formula is C18H13N5O2S. The van der Waals surface area contributed by atoms with Gasteiger partial charge < -0.3 is 9.84 Å². The molecule has 0 unspecified atom stereocenters. The minimum absolute atomic E-state index is 0.288. The SMILES string of the molecule is Cc1onc(-c2ccncc2)c1C(=O)Nc1cccc(-c2csnn2)c1. The number of amides is 1. The second-order valence-electron chi connectivity index (χ2n) is 5.52. The van der Waals surface area contributed by atoms with E-state index in [9.17, 15) is 4.79 Å². The molecule has 0 bridgehead atoms. The highest BCUT2D eigenvalue weighted by molar-refractivity contribution is 7.03. The van der Waals surface area contributed by atoms with Crippen molar-refractivity contribution in [1.82, 2.24) is 19.7 Å². The second kappa shape index (κ2) is 6.85. The Morgan fingerprint density at radius 3 is 2.77 bits per heavy atom. The minimum atomic E-state index is -0.288. The molecule has 4 aromatic rings. The highest BCUT2D eigenvalue weighted by Crippen LogP contribution is 2.27. The first-order chi connectivity index (χ1) is 12.7. The zero-order valence-electron chi connectivity index (χ0n) is 13.7. The number of anilines is 1. The predicted octanol–water partition coefficient (Wildman–Crippen LogP) is 3.82. The smallest absolute Gasteiger partial charge is 0.261 e. The number of carbonyl (C=O) groups excluding carboxylic acids is 1. The van der Waals surface area contributed by atoms with Gasteiger partial charge in [0.15, 0.2) is 0 Å². The second-order valence-corrected chi connectivity index (χ2v) is 6.13. The van der Waals surface area contributed by atoms with Crippen molar-refractivity contribution in [3.63, 3.8) is 0 Å². The van der Waals surface area contributed by atoms with E-state index >= 15 is 0 Å². The van der Waals surface area contributed by atoms with Gasteiger partial charge in [-0.3, -0.25) is 9.78 Å². The number of carbonyl (C=O) groups is 1. The number of aryl methyl sites for hydroxylation is 1. The van der Waals surface area contributed by atoms with E-state index in [2.05, 4.69) is 25.0 Å². The molecule has 1 amide bonds. The quantitative estimate of drug-likeness (QED) is 0.592. The molecule has 8 heteroatoms. The number of rotatable bonds is 4. The molecule has 0 radical (unpaired) electrons. The zero-order chi connectivity index (χ0) is 17.9. The van der Waals surface area contributed by atoms with Crippen LogP contribution in [0.15, 0.2) is 58.7 Å². The number of hydrogen-bond donors (Lipinski definition) is 1. The number of hydrogen-bond acceptors (Lipinski definition) is 7. The molecule has 0 saturated carbocycles. The van der Waals surface area contributed by atoms with Crippen molar-refractivity contribution in [2.45, 2.75) is 6.92 Å². The van der Waals surface area contributed by atoms with Gasteiger partial charge in [-0.2, -0.15) is 0 Å². The highest BCUT2D eigenvalue weighted by Gasteiger charge is 2.21. The van der Waals surface area contributed by atoms with E-state index in [-0.39, 0.29) is 5.91 Å². The summed E-state index contributed by atoms with van der Waals surface area (Å²) in [5, 5.41) is 12.8. The molecule has 0 fully saturated rings. The summed E-state index contributed by atoms with van der Waals surface area (Å²) in [6.07, 6.45) is 3.29. The third kappa shape index (κ3) is 3.09. The molecule has 3 heterocycles. The molecule has 0 spiro atoms. The number of pyridine rings is 1. The lowest BCUT2D eigenvalue weighted by molar-refractivity contribution is 0.102. The van der Waals surface area contributed by atoms with Crippen LogP contribution in [0.1, 0.15) is 16.1 Å². The van der Waals surface area contributed by atoms with Crippen LogP contribution in [0, 0.1) is 6.92 Å². The van der Waals surface area contributed by atoms with Gasteiger partial charge in [0.2, 0.25) is 0 Å². The third-order valence-corrected chi connectivity index (χ3v) is 4.32. The lowest BCUT2D eigenvalue weighted by Crippen LogP contribution is -2.13. The minimum Gasteiger partial charge on any atom is -0.360 e. The Kier molecular flexibility index (Phi) is 4.24. The van der Waals surface area contributed by atoms with Gasteiger partial charge in [0.1, 0.15) is 22.7 Å². The standard InChI is InChI=1S/C18H13N5O2S/c1-11-16(17(22-25-11)12-5-7-19-8-6-12)18(24)20-14-4-2-3-13(9-14)15-10-26-23-21-15/h2-10H,1H3,(H,20,24). The largest absolute Gasteiger partial charge is 0.360 e. The summed E-state index contributed by atoms with van der Waals surface area (Å²) >= 11 is 1.28. The van der Waals surface area contributed by atoms with E-state index in [1.807, 2.05) is 29.6 Å². The van der Waals surface area contributed by atoms with Crippen LogP contribution in [0.4, 0.5) is 5.69 Å². The molecule has 4 rings (SSSR count). The molecule has 128 valence electrons. The molecule has 0 aliphatic heterocycles. The summed E-state index contributed by atoms with van der Waals surface area (Å²) < 4.78 is 9.11. The van der Waals surface area contributed by atoms with E-state index in [1.54, 1.807) is 31.5 Å². The first kappa shape index (κ1) is 16.1. The highest BCUT2D eigenvalue weighted by atomic mass is 32.1. The molecular weight excluding hydrogens is 350 g/mol. The number of aromatic nitrogens is 4. The van der Waals surface area contributed by atoms with Crippen LogP contribution in [0.2, 0.25) is 0 Å². The number of benzene rings is 1. The van der Waals surface area contributed by atoms with Crippen molar-refractivity contribution in [3.8, 4) is 22.5 Å². The lowest BCUT2D eigenvalue weighted by atomic mass is 10.1. The molecule has 0 aliphatic carbocycles. The normalized spacial score (nSPS) is 10.7. The molecule has 26 heavy (non-hydrogen) atoms. The molecule has 7 nitrogen and oxygen atoms in total. The fourth-order valence-corrected chi connectivity index (χ4v) is 3.05. The van der Waals surface area contributed by atoms with Gasteiger partial charge in [0.25, 0.3) is 5.91 Å². The Morgan fingerprint density at radius 2 is 2.00 bits per heavy atom. The van der Waals surface area contributed by atoms with Gasteiger partial charge in [0, 0.05) is 34.6 Å². The van der Waals surface area contributed by atoms with Gasteiger partial charge in [0.05, 0.1) is 0 Å². The summed E-state index contributed by atoms with van der Waals surface area (Å²) in [5.74, 6) is 0.165. The van der Waals surface area contributed by atoms with Crippen LogP contribution in [-0.4, -0.2) is 25.6 Å². The van der Waals surface area contributed by atoms with E-state index in [0.29, 0.717) is 22.7 Å². The Hall–Kier alpha value is -3.39. The maximum atomic E-state index is 12.8. The summed E-state index contributed by atoms with van der Waals surface area (Å²) in [4.78, 5) is 16.8. The Morgan fingerprint density at radius 1 is 1.15 bits per heavy atom. The summed E-state index contributed by atoms with van der Waals surface area (Å²) in [7, 11) is 0. The third-order valence-electron chi connectivity index (χ3n) is 3.82. The summed E-state index contributed by atoms with van der Waals surface area (Å²) in [6.45, 7) is 1.71.